The van der Waals surface area contributed by atoms with Crippen LogP contribution in [0.5, 0.6) is 0 Å². The molecule has 1 fully saturated rings. The largest absolute Gasteiger partial charge is 0.390 e. The molecule has 0 radical (unpaired) electrons. The van der Waals surface area contributed by atoms with Gasteiger partial charge in [-0.25, -0.2) is 13.1 Å². The van der Waals surface area contributed by atoms with E-state index >= 15 is 0 Å². The van der Waals surface area contributed by atoms with E-state index in [-0.39, 0.29) is 0 Å². The van der Waals surface area contributed by atoms with Crippen LogP contribution in [0.2, 0.25) is 0 Å². The molecule has 1 aliphatic heterocycles. The Morgan fingerprint density at radius 1 is 1.50 bits per heavy atom. The lowest BCUT2D eigenvalue weighted by molar-refractivity contribution is 0.160. The van der Waals surface area contributed by atoms with Crippen LogP contribution in [-0.4, -0.2) is 49.9 Å². The first-order chi connectivity index (χ1) is 8.33. The highest BCUT2D eigenvalue weighted by Crippen LogP contribution is 2.20. The molecule has 18 heavy (non-hydrogen) atoms. The molecule has 1 saturated heterocycles. The second-order valence-electron chi connectivity index (χ2n) is 4.77. The fraction of sp³-hybridized carbons (Fsp3) is 0.636. The van der Waals surface area contributed by atoms with E-state index < -0.39 is 22.2 Å². The van der Waals surface area contributed by atoms with E-state index in [1.54, 1.807) is 11.3 Å². The zero-order valence-electron chi connectivity index (χ0n) is 10.5. The number of thiophene rings is 1. The molecule has 0 saturated carbocycles. The van der Waals surface area contributed by atoms with Gasteiger partial charge in [-0.3, -0.25) is 4.90 Å². The van der Waals surface area contributed by atoms with Crippen molar-refractivity contribution in [1.82, 2.24) is 9.62 Å². The van der Waals surface area contributed by atoms with Crippen molar-refractivity contribution in [3.05, 3.63) is 21.9 Å². The second-order valence-corrected chi connectivity index (χ2v) is 7.92. The van der Waals surface area contributed by atoms with Crippen LogP contribution < -0.4 is 4.72 Å². The van der Waals surface area contributed by atoms with Gasteiger partial charge in [0.2, 0.25) is 10.0 Å². The lowest BCUT2D eigenvalue weighted by Gasteiger charge is -2.14. The Labute approximate surface area is 111 Å². The topological polar surface area (TPSA) is 69.6 Å². The Bertz CT molecular complexity index is 512. The highest BCUT2D eigenvalue weighted by atomic mass is 32.2. The van der Waals surface area contributed by atoms with Gasteiger partial charge in [0.05, 0.1) is 18.4 Å². The minimum atomic E-state index is -3.27. The van der Waals surface area contributed by atoms with Crippen molar-refractivity contribution in [2.75, 3.05) is 19.3 Å². The number of nitrogens with zero attached hydrogens (tertiary/aromatic N) is 1. The minimum absolute atomic E-state index is 0.402. The summed E-state index contributed by atoms with van der Waals surface area (Å²) >= 11 is 1.73. The van der Waals surface area contributed by atoms with Crippen LogP contribution in [0.15, 0.2) is 12.1 Å². The Morgan fingerprint density at radius 2 is 2.22 bits per heavy atom. The van der Waals surface area contributed by atoms with Crippen molar-refractivity contribution in [3.8, 4) is 0 Å². The first-order valence-electron chi connectivity index (χ1n) is 5.76. The summed E-state index contributed by atoms with van der Waals surface area (Å²) < 4.78 is 24.8. The summed E-state index contributed by atoms with van der Waals surface area (Å²) in [6.07, 6.45) is 0.478. The molecule has 2 rings (SSSR count). The standard InChI is InChI=1S/C11H18N2O3S2/c1-8-3-4-9(17-8)5-13-6-10(11(14)7-13)12-18(2,15)16/h3-4,10-12,14H,5-7H2,1-2H3/t10-,11-/m1/s1. The van der Waals surface area contributed by atoms with Gasteiger partial charge >= 0.3 is 0 Å². The van der Waals surface area contributed by atoms with E-state index in [4.69, 9.17) is 0 Å². The maximum atomic E-state index is 11.2. The fourth-order valence-corrected chi connectivity index (χ4v) is 3.89. The van der Waals surface area contributed by atoms with Crippen molar-refractivity contribution >= 4 is 21.4 Å². The lowest BCUT2D eigenvalue weighted by Crippen LogP contribution is -2.42. The van der Waals surface area contributed by atoms with Crippen LogP contribution in [0, 0.1) is 6.92 Å². The van der Waals surface area contributed by atoms with Crippen molar-refractivity contribution in [3.63, 3.8) is 0 Å². The highest BCUT2D eigenvalue weighted by molar-refractivity contribution is 7.88. The summed E-state index contributed by atoms with van der Waals surface area (Å²) in [4.78, 5) is 4.56. The number of sulfonamides is 1. The minimum Gasteiger partial charge on any atom is -0.390 e. The number of rotatable bonds is 4. The Morgan fingerprint density at radius 3 is 2.78 bits per heavy atom. The number of β-amino-alcohol motifs (C(OH)–C–C–N with tert-alkyl or cyclic N) is 1. The number of aliphatic hydroxyl groups is 1. The summed E-state index contributed by atoms with van der Waals surface area (Å²) in [5, 5.41) is 9.84. The van der Waals surface area contributed by atoms with Gasteiger partial charge in [0.1, 0.15) is 0 Å². The van der Waals surface area contributed by atoms with Crippen LogP contribution in [-0.2, 0) is 16.6 Å². The number of aryl methyl sites for hydroxylation is 1. The maximum Gasteiger partial charge on any atom is 0.209 e. The Balaban J connectivity index is 1.94. The average Bonchev–Trinajstić information content (AvgIpc) is 2.73. The quantitative estimate of drug-likeness (QED) is 0.828. The van der Waals surface area contributed by atoms with E-state index in [0.29, 0.717) is 13.1 Å². The number of aliphatic hydroxyl groups excluding tert-OH is 1. The molecule has 0 aliphatic carbocycles. The predicted molar refractivity (Wildman–Crippen MR) is 72.1 cm³/mol. The van der Waals surface area contributed by atoms with Crippen LogP contribution in [0.4, 0.5) is 0 Å². The third-order valence-electron chi connectivity index (χ3n) is 2.91. The van der Waals surface area contributed by atoms with Gasteiger partial charge in [0.25, 0.3) is 0 Å². The Hall–Kier alpha value is -0.470. The molecule has 0 bridgehead atoms. The van der Waals surface area contributed by atoms with Crippen LogP contribution in [0.1, 0.15) is 9.75 Å². The van der Waals surface area contributed by atoms with Gasteiger partial charge in [-0.2, -0.15) is 0 Å². The average molecular weight is 290 g/mol. The van der Waals surface area contributed by atoms with Crippen LogP contribution in [0.3, 0.4) is 0 Å². The van der Waals surface area contributed by atoms with Crippen LogP contribution >= 0.6 is 11.3 Å². The normalized spacial score (nSPS) is 25.7. The molecular weight excluding hydrogens is 272 g/mol. The van der Waals surface area contributed by atoms with Gasteiger partial charge in [-0.15, -0.1) is 11.3 Å². The summed E-state index contributed by atoms with van der Waals surface area (Å²) in [6, 6.07) is 3.74. The van der Waals surface area contributed by atoms with E-state index in [1.807, 2.05) is 0 Å². The molecule has 102 valence electrons. The van der Waals surface area contributed by atoms with Crippen LogP contribution in [0.25, 0.3) is 0 Å². The van der Waals surface area contributed by atoms with Gasteiger partial charge in [-0.05, 0) is 19.1 Å². The second kappa shape index (κ2) is 5.26. The molecule has 2 atom stereocenters. The third-order valence-corrected chi connectivity index (χ3v) is 4.62. The predicted octanol–water partition coefficient (Wildman–Crippen LogP) is 0.151. The summed E-state index contributed by atoms with van der Waals surface area (Å²) in [5.41, 5.74) is 0. The number of hydrogen-bond acceptors (Lipinski definition) is 5. The van der Waals surface area contributed by atoms with E-state index in [0.717, 1.165) is 12.8 Å². The molecule has 0 spiro atoms. The lowest BCUT2D eigenvalue weighted by atomic mass is 10.2. The van der Waals surface area contributed by atoms with Gasteiger partial charge in [-0.1, -0.05) is 0 Å². The molecule has 5 nitrogen and oxygen atoms in total. The summed E-state index contributed by atoms with van der Waals surface area (Å²) in [6.45, 7) is 3.87. The Kier molecular flexibility index (Phi) is 4.08. The molecule has 1 aliphatic rings. The van der Waals surface area contributed by atoms with Gasteiger partial charge in [0.15, 0.2) is 0 Å². The monoisotopic (exact) mass is 290 g/mol. The molecule has 1 aromatic rings. The molecule has 0 aromatic carbocycles. The van der Waals surface area contributed by atoms with Crippen molar-refractivity contribution in [2.24, 2.45) is 0 Å². The first kappa shape index (κ1) is 14.0. The van der Waals surface area contributed by atoms with E-state index in [1.165, 1.54) is 9.75 Å². The number of likely N-dealkylation sites (tertiary alicyclic amines) is 1. The summed E-state index contributed by atoms with van der Waals surface area (Å²) in [5.74, 6) is 0. The molecule has 2 heterocycles. The molecule has 0 amide bonds. The third kappa shape index (κ3) is 3.76. The number of hydrogen-bond donors (Lipinski definition) is 2. The van der Waals surface area contributed by atoms with Crippen molar-refractivity contribution in [1.29, 1.82) is 0 Å². The molecular formula is C11H18N2O3S2. The van der Waals surface area contributed by atoms with Gasteiger partial charge < -0.3 is 5.11 Å². The zero-order chi connectivity index (χ0) is 13.3. The first-order valence-corrected chi connectivity index (χ1v) is 8.47. The molecule has 7 heteroatoms. The summed E-state index contributed by atoms with van der Waals surface area (Å²) in [7, 11) is -3.27. The van der Waals surface area contributed by atoms with E-state index in [9.17, 15) is 13.5 Å². The smallest absolute Gasteiger partial charge is 0.209 e. The van der Waals surface area contributed by atoms with Crippen molar-refractivity contribution < 1.29 is 13.5 Å². The van der Waals surface area contributed by atoms with Gasteiger partial charge in [0, 0.05) is 29.4 Å². The SMILES string of the molecule is Cc1ccc(CN2C[C@@H](O)[C@H](NS(C)(=O)=O)C2)s1. The highest BCUT2D eigenvalue weighted by Gasteiger charge is 2.33. The van der Waals surface area contributed by atoms with E-state index in [2.05, 4.69) is 28.7 Å². The molecule has 1 aromatic heterocycles. The number of nitrogens with one attached hydrogen (secondary N) is 1. The molecule has 2 N–H and O–H groups in total. The van der Waals surface area contributed by atoms with Crippen molar-refractivity contribution in [2.45, 2.75) is 25.6 Å². The maximum absolute atomic E-state index is 11.2. The fourth-order valence-electron chi connectivity index (χ4n) is 2.18. The molecule has 0 unspecified atom stereocenters. The zero-order valence-corrected chi connectivity index (χ0v) is 12.1.